The van der Waals surface area contributed by atoms with Gasteiger partial charge in [0.2, 0.25) is 0 Å². The quantitative estimate of drug-likeness (QED) is 0.442. The average Bonchev–Trinajstić information content (AvgIpc) is 2.14. The van der Waals surface area contributed by atoms with Crippen molar-refractivity contribution in [3.8, 4) is 0 Å². The fourth-order valence-corrected chi connectivity index (χ4v) is 1.19. The highest BCUT2D eigenvalue weighted by Gasteiger charge is 2.07. The highest BCUT2D eigenvalue weighted by atomic mass is 16.3. The van der Waals surface area contributed by atoms with Crippen LogP contribution in [0.5, 0.6) is 0 Å². The van der Waals surface area contributed by atoms with E-state index in [1.807, 2.05) is 0 Å². The predicted molar refractivity (Wildman–Crippen MR) is 53.8 cm³/mol. The van der Waals surface area contributed by atoms with Crippen molar-refractivity contribution < 1.29 is 10.2 Å². The number of aliphatic hydroxyl groups excluding tert-OH is 2. The van der Waals surface area contributed by atoms with Crippen LogP contribution in [0.4, 0.5) is 0 Å². The predicted octanol–water partition coefficient (Wildman–Crippen LogP) is -0.729. The lowest BCUT2D eigenvalue weighted by molar-refractivity contribution is 0.115. The van der Waals surface area contributed by atoms with Gasteiger partial charge in [0.05, 0.1) is 12.7 Å². The van der Waals surface area contributed by atoms with Crippen molar-refractivity contribution in [2.75, 3.05) is 39.3 Å². The van der Waals surface area contributed by atoms with Crippen LogP contribution in [0.15, 0.2) is 0 Å². The Labute approximate surface area is 80.6 Å². The first-order valence-corrected chi connectivity index (χ1v) is 4.96. The summed E-state index contributed by atoms with van der Waals surface area (Å²) in [4.78, 5) is 2.17. The first-order valence-electron chi connectivity index (χ1n) is 4.96. The fraction of sp³-hybridized carbons (Fsp3) is 1.00. The van der Waals surface area contributed by atoms with E-state index in [2.05, 4.69) is 24.1 Å². The molecule has 4 nitrogen and oxygen atoms in total. The highest BCUT2D eigenvalue weighted by Crippen LogP contribution is 1.90. The topological polar surface area (TPSA) is 55.7 Å². The van der Waals surface area contributed by atoms with Crippen molar-refractivity contribution in [1.82, 2.24) is 10.2 Å². The van der Waals surface area contributed by atoms with Crippen LogP contribution in [0, 0.1) is 0 Å². The summed E-state index contributed by atoms with van der Waals surface area (Å²) < 4.78 is 0. The molecule has 0 saturated carbocycles. The summed E-state index contributed by atoms with van der Waals surface area (Å²) in [6, 6.07) is 0. The van der Waals surface area contributed by atoms with Gasteiger partial charge in [-0.2, -0.15) is 0 Å². The molecular weight excluding hydrogens is 168 g/mol. The van der Waals surface area contributed by atoms with Crippen molar-refractivity contribution in [3.63, 3.8) is 0 Å². The molecule has 0 aromatic carbocycles. The van der Waals surface area contributed by atoms with Crippen molar-refractivity contribution in [2.24, 2.45) is 0 Å². The Kier molecular flexibility index (Phi) is 8.33. The first kappa shape index (κ1) is 12.8. The van der Waals surface area contributed by atoms with Crippen LogP contribution in [0.3, 0.4) is 0 Å². The van der Waals surface area contributed by atoms with Gasteiger partial charge in [0, 0.05) is 19.6 Å². The average molecular weight is 190 g/mol. The molecule has 80 valence electrons. The normalized spacial score (nSPS) is 13.6. The molecule has 0 heterocycles. The third kappa shape index (κ3) is 6.95. The summed E-state index contributed by atoms with van der Waals surface area (Å²) in [6.07, 6.45) is -0.341. The second kappa shape index (κ2) is 8.44. The molecule has 0 aliphatic carbocycles. The molecule has 1 unspecified atom stereocenters. The van der Waals surface area contributed by atoms with Gasteiger partial charge < -0.3 is 20.4 Å². The highest BCUT2D eigenvalue weighted by molar-refractivity contribution is 4.64. The lowest BCUT2D eigenvalue weighted by Gasteiger charge is -2.21. The van der Waals surface area contributed by atoms with E-state index in [-0.39, 0.29) is 12.7 Å². The monoisotopic (exact) mass is 190 g/mol. The summed E-state index contributed by atoms with van der Waals surface area (Å²) in [5.74, 6) is 0. The number of nitrogens with one attached hydrogen (secondary N) is 1. The van der Waals surface area contributed by atoms with Crippen LogP contribution in [-0.2, 0) is 0 Å². The van der Waals surface area contributed by atoms with Crippen LogP contribution in [0.1, 0.15) is 13.8 Å². The van der Waals surface area contributed by atoms with Gasteiger partial charge in [0.15, 0.2) is 0 Å². The van der Waals surface area contributed by atoms with Gasteiger partial charge in [-0.25, -0.2) is 0 Å². The third-order valence-corrected chi connectivity index (χ3v) is 2.03. The van der Waals surface area contributed by atoms with Crippen LogP contribution in [0.25, 0.3) is 0 Å². The van der Waals surface area contributed by atoms with Gasteiger partial charge in [-0.1, -0.05) is 13.8 Å². The minimum atomic E-state index is -0.341. The molecule has 0 aliphatic heterocycles. The molecule has 0 aliphatic rings. The Morgan fingerprint density at radius 3 is 2.38 bits per heavy atom. The second-order valence-corrected chi connectivity index (χ2v) is 3.07. The van der Waals surface area contributed by atoms with Crippen molar-refractivity contribution in [2.45, 2.75) is 20.0 Å². The van der Waals surface area contributed by atoms with Crippen molar-refractivity contribution in [1.29, 1.82) is 0 Å². The zero-order valence-electron chi connectivity index (χ0n) is 8.66. The number of rotatable bonds is 8. The largest absolute Gasteiger partial charge is 0.395 e. The number of nitrogens with zero attached hydrogens (tertiary/aromatic N) is 1. The zero-order valence-corrected chi connectivity index (χ0v) is 8.66. The zero-order chi connectivity index (χ0) is 10.1. The second-order valence-electron chi connectivity index (χ2n) is 3.07. The van der Waals surface area contributed by atoms with Gasteiger partial charge in [-0.05, 0) is 13.1 Å². The Bertz CT molecular complexity index is 108. The molecular formula is C9H22N2O2. The standard InChI is InChI=1S/C9H22N2O2/c1-3-11(4-2)8-9(13)7-10-5-6-12/h9-10,12-13H,3-8H2,1-2H3. The van der Waals surface area contributed by atoms with Crippen LogP contribution in [0.2, 0.25) is 0 Å². The third-order valence-electron chi connectivity index (χ3n) is 2.03. The minimum absolute atomic E-state index is 0.123. The number of aliphatic hydroxyl groups is 2. The summed E-state index contributed by atoms with van der Waals surface area (Å²) >= 11 is 0. The molecule has 1 atom stereocenters. The van der Waals surface area contributed by atoms with Crippen molar-refractivity contribution in [3.05, 3.63) is 0 Å². The van der Waals surface area contributed by atoms with Gasteiger partial charge >= 0.3 is 0 Å². The minimum Gasteiger partial charge on any atom is -0.395 e. The molecule has 0 amide bonds. The lowest BCUT2D eigenvalue weighted by atomic mass is 10.3. The van der Waals surface area contributed by atoms with Crippen LogP contribution >= 0.6 is 0 Å². The van der Waals surface area contributed by atoms with Gasteiger partial charge in [0.25, 0.3) is 0 Å². The Hall–Kier alpha value is -0.160. The molecule has 0 aromatic rings. The molecule has 0 radical (unpaired) electrons. The molecule has 4 heteroatoms. The van der Waals surface area contributed by atoms with E-state index in [9.17, 15) is 5.11 Å². The molecule has 0 saturated heterocycles. The Morgan fingerprint density at radius 1 is 1.31 bits per heavy atom. The molecule has 13 heavy (non-hydrogen) atoms. The lowest BCUT2D eigenvalue weighted by Crippen LogP contribution is -2.38. The van der Waals surface area contributed by atoms with E-state index in [0.717, 1.165) is 13.1 Å². The number of hydrogen-bond donors (Lipinski definition) is 3. The van der Waals surface area contributed by atoms with E-state index in [1.54, 1.807) is 0 Å². The SMILES string of the molecule is CCN(CC)CC(O)CNCCO. The van der Waals surface area contributed by atoms with E-state index in [1.165, 1.54) is 0 Å². The number of hydrogen-bond acceptors (Lipinski definition) is 4. The van der Waals surface area contributed by atoms with Gasteiger partial charge in [0.1, 0.15) is 0 Å². The summed E-state index contributed by atoms with van der Waals surface area (Å²) in [6.45, 7) is 8.02. The summed E-state index contributed by atoms with van der Waals surface area (Å²) in [7, 11) is 0. The molecule has 3 N–H and O–H groups in total. The van der Waals surface area contributed by atoms with E-state index < -0.39 is 0 Å². The van der Waals surface area contributed by atoms with Gasteiger partial charge in [-0.3, -0.25) is 0 Å². The first-order chi connectivity index (χ1) is 6.24. The summed E-state index contributed by atoms with van der Waals surface area (Å²) in [5.41, 5.74) is 0. The van der Waals surface area contributed by atoms with E-state index in [0.29, 0.717) is 19.6 Å². The summed E-state index contributed by atoms with van der Waals surface area (Å²) in [5, 5.41) is 21.0. The van der Waals surface area contributed by atoms with E-state index in [4.69, 9.17) is 5.11 Å². The molecule has 0 aromatic heterocycles. The van der Waals surface area contributed by atoms with E-state index >= 15 is 0 Å². The Morgan fingerprint density at radius 2 is 1.92 bits per heavy atom. The molecule has 0 rings (SSSR count). The Balaban J connectivity index is 3.42. The van der Waals surface area contributed by atoms with Crippen LogP contribution < -0.4 is 5.32 Å². The number of likely N-dealkylation sites (N-methyl/N-ethyl adjacent to an activating group) is 1. The fourth-order valence-electron chi connectivity index (χ4n) is 1.19. The van der Waals surface area contributed by atoms with Gasteiger partial charge in [-0.15, -0.1) is 0 Å². The molecule has 0 fully saturated rings. The maximum absolute atomic E-state index is 9.52. The van der Waals surface area contributed by atoms with Crippen LogP contribution in [-0.4, -0.2) is 60.5 Å². The maximum atomic E-state index is 9.52. The smallest absolute Gasteiger partial charge is 0.0791 e. The molecule has 0 bridgehead atoms. The van der Waals surface area contributed by atoms with Crippen molar-refractivity contribution >= 4 is 0 Å². The molecule has 0 spiro atoms. The maximum Gasteiger partial charge on any atom is 0.0791 e.